The van der Waals surface area contributed by atoms with E-state index in [1.165, 1.54) is 4.90 Å². The quantitative estimate of drug-likeness (QED) is 0.842. The largest absolute Gasteiger partial charge is 0.312 e. The molecule has 0 aliphatic carbocycles. The van der Waals surface area contributed by atoms with Gasteiger partial charge in [0.1, 0.15) is 0 Å². The van der Waals surface area contributed by atoms with Gasteiger partial charge in [-0.05, 0) is 42.3 Å². The van der Waals surface area contributed by atoms with E-state index in [2.05, 4.69) is 36.3 Å². The van der Waals surface area contributed by atoms with Crippen molar-refractivity contribution in [2.45, 2.75) is 30.2 Å². The van der Waals surface area contributed by atoms with Crippen molar-refractivity contribution in [1.82, 2.24) is 10.3 Å². The van der Waals surface area contributed by atoms with Crippen LogP contribution in [0, 0.1) is 5.92 Å². The number of benzene rings is 1. The molecule has 1 aromatic carbocycles. The zero-order valence-corrected chi connectivity index (χ0v) is 13.3. The topological polar surface area (TPSA) is 24.9 Å². The molecule has 0 aliphatic heterocycles. The molecule has 4 heteroatoms. The van der Waals surface area contributed by atoms with Crippen LogP contribution < -0.4 is 5.32 Å². The lowest BCUT2D eigenvalue weighted by molar-refractivity contribution is 0.552. The Morgan fingerprint density at radius 1 is 1.15 bits per heavy atom. The summed E-state index contributed by atoms with van der Waals surface area (Å²) in [4.78, 5) is 6.33. The van der Waals surface area contributed by atoms with Gasteiger partial charge in [0, 0.05) is 33.8 Å². The van der Waals surface area contributed by atoms with Gasteiger partial charge in [-0.3, -0.25) is 4.98 Å². The molecule has 0 amide bonds. The number of pyridine rings is 1. The first kappa shape index (κ1) is 15.4. The van der Waals surface area contributed by atoms with Crippen LogP contribution in [0.25, 0.3) is 0 Å². The highest BCUT2D eigenvalue weighted by molar-refractivity contribution is 7.99. The number of nitrogens with one attached hydrogen (secondary N) is 1. The fourth-order valence-corrected chi connectivity index (χ4v) is 2.93. The van der Waals surface area contributed by atoms with E-state index in [0.717, 1.165) is 28.6 Å². The van der Waals surface area contributed by atoms with Gasteiger partial charge < -0.3 is 5.32 Å². The van der Waals surface area contributed by atoms with Gasteiger partial charge in [0.25, 0.3) is 0 Å². The third-order valence-electron chi connectivity index (χ3n) is 2.78. The first-order valence-electron chi connectivity index (χ1n) is 6.72. The third-order valence-corrected chi connectivity index (χ3v) is 4.13. The molecule has 1 N–H and O–H groups in total. The summed E-state index contributed by atoms with van der Waals surface area (Å²) < 4.78 is 0. The lowest BCUT2D eigenvalue weighted by Gasteiger charge is -2.10. The van der Waals surface area contributed by atoms with Crippen molar-refractivity contribution < 1.29 is 0 Å². The lowest BCUT2D eigenvalue weighted by Crippen LogP contribution is -2.19. The average molecular weight is 307 g/mol. The first-order chi connectivity index (χ1) is 9.65. The van der Waals surface area contributed by atoms with Crippen LogP contribution in [0.5, 0.6) is 0 Å². The summed E-state index contributed by atoms with van der Waals surface area (Å²) in [5.41, 5.74) is 1.14. The Bertz CT molecular complexity index is 543. The molecule has 2 rings (SSSR count). The molecule has 1 aromatic heterocycles. The molecule has 0 fully saturated rings. The van der Waals surface area contributed by atoms with Crippen LogP contribution in [0.15, 0.2) is 52.5 Å². The minimum atomic E-state index is 0.648. The predicted octanol–water partition coefficient (Wildman–Crippen LogP) is 4.63. The molecule has 0 atom stereocenters. The number of aromatic nitrogens is 1. The molecule has 0 aliphatic rings. The second kappa shape index (κ2) is 7.67. The monoisotopic (exact) mass is 306 g/mol. The smallest absolute Gasteiger partial charge is 0.0462 e. The first-order valence-corrected chi connectivity index (χ1v) is 7.91. The highest BCUT2D eigenvalue weighted by Crippen LogP contribution is 2.30. The van der Waals surface area contributed by atoms with Crippen LogP contribution >= 0.6 is 23.4 Å². The molecule has 20 heavy (non-hydrogen) atoms. The van der Waals surface area contributed by atoms with Crippen LogP contribution in [-0.4, -0.2) is 11.5 Å². The minimum Gasteiger partial charge on any atom is -0.312 e. The second-order valence-electron chi connectivity index (χ2n) is 5.06. The van der Waals surface area contributed by atoms with Crippen LogP contribution in [-0.2, 0) is 6.54 Å². The molecule has 0 spiro atoms. The van der Waals surface area contributed by atoms with Gasteiger partial charge in [-0.15, -0.1) is 0 Å². The molecular weight excluding hydrogens is 288 g/mol. The summed E-state index contributed by atoms with van der Waals surface area (Å²) in [6.07, 6.45) is 3.60. The standard InChI is InChI=1S/C16H19ClN2S/c1-12(2)10-19-11-13-3-4-15(9-16(13)17)20-14-5-7-18-8-6-14/h3-9,12,19H,10-11H2,1-2H3. The second-order valence-corrected chi connectivity index (χ2v) is 6.62. The Hall–Kier alpha value is -1.03. The van der Waals surface area contributed by atoms with Gasteiger partial charge in [-0.2, -0.15) is 0 Å². The summed E-state index contributed by atoms with van der Waals surface area (Å²) >= 11 is 8.04. The Labute approximate surface area is 130 Å². The normalized spacial score (nSPS) is 11.0. The Morgan fingerprint density at radius 3 is 2.55 bits per heavy atom. The molecule has 1 heterocycles. The highest BCUT2D eigenvalue weighted by atomic mass is 35.5. The van der Waals surface area contributed by atoms with Gasteiger partial charge in [0.05, 0.1) is 0 Å². The van der Waals surface area contributed by atoms with Crippen LogP contribution in [0.1, 0.15) is 19.4 Å². The Morgan fingerprint density at radius 2 is 1.90 bits per heavy atom. The summed E-state index contributed by atoms with van der Waals surface area (Å²) in [6, 6.07) is 10.2. The predicted molar refractivity (Wildman–Crippen MR) is 86.4 cm³/mol. The van der Waals surface area contributed by atoms with Gasteiger partial charge >= 0.3 is 0 Å². The maximum atomic E-state index is 6.35. The number of halogens is 1. The molecule has 0 saturated heterocycles. The minimum absolute atomic E-state index is 0.648. The number of rotatable bonds is 6. The van der Waals surface area contributed by atoms with Crippen molar-refractivity contribution in [3.63, 3.8) is 0 Å². The molecule has 106 valence electrons. The molecule has 0 bridgehead atoms. The van der Waals surface area contributed by atoms with Crippen molar-refractivity contribution in [1.29, 1.82) is 0 Å². The SMILES string of the molecule is CC(C)CNCc1ccc(Sc2ccncc2)cc1Cl. The van der Waals surface area contributed by atoms with Crippen molar-refractivity contribution in [2.75, 3.05) is 6.54 Å². The van der Waals surface area contributed by atoms with Crippen LogP contribution in [0.4, 0.5) is 0 Å². The van der Waals surface area contributed by atoms with E-state index >= 15 is 0 Å². The van der Waals surface area contributed by atoms with Crippen molar-refractivity contribution in [3.8, 4) is 0 Å². The maximum Gasteiger partial charge on any atom is 0.0462 e. The molecule has 0 radical (unpaired) electrons. The lowest BCUT2D eigenvalue weighted by atomic mass is 10.2. The average Bonchev–Trinajstić information content (AvgIpc) is 2.42. The Balaban J connectivity index is 1.98. The maximum absolute atomic E-state index is 6.35. The van der Waals surface area contributed by atoms with E-state index in [9.17, 15) is 0 Å². The van der Waals surface area contributed by atoms with Gasteiger partial charge in [0.15, 0.2) is 0 Å². The molecule has 0 saturated carbocycles. The van der Waals surface area contributed by atoms with Crippen LogP contribution in [0.2, 0.25) is 5.02 Å². The number of hydrogen-bond donors (Lipinski definition) is 1. The van der Waals surface area contributed by atoms with E-state index in [0.29, 0.717) is 5.92 Å². The molecular formula is C16H19ClN2S. The van der Waals surface area contributed by atoms with Crippen LogP contribution in [0.3, 0.4) is 0 Å². The van der Waals surface area contributed by atoms with Gasteiger partial charge in [0.2, 0.25) is 0 Å². The highest BCUT2D eigenvalue weighted by Gasteiger charge is 2.04. The van der Waals surface area contributed by atoms with Gasteiger partial charge in [-0.25, -0.2) is 0 Å². The van der Waals surface area contributed by atoms with E-state index < -0.39 is 0 Å². The van der Waals surface area contributed by atoms with Crippen molar-refractivity contribution in [3.05, 3.63) is 53.3 Å². The summed E-state index contributed by atoms with van der Waals surface area (Å²) in [7, 11) is 0. The van der Waals surface area contributed by atoms with E-state index in [1.807, 2.05) is 18.2 Å². The third kappa shape index (κ3) is 4.82. The fraction of sp³-hybridized carbons (Fsp3) is 0.312. The van der Waals surface area contributed by atoms with E-state index in [4.69, 9.17) is 11.6 Å². The zero-order chi connectivity index (χ0) is 14.4. The van der Waals surface area contributed by atoms with E-state index in [-0.39, 0.29) is 0 Å². The van der Waals surface area contributed by atoms with E-state index in [1.54, 1.807) is 24.2 Å². The fourth-order valence-electron chi connectivity index (χ4n) is 1.77. The zero-order valence-electron chi connectivity index (χ0n) is 11.8. The molecule has 2 aromatic rings. The summed E-state index contributed by atoms with van der Waals surface area (Å²) in [5.74, 6) is 0.648. The number of nitrogens with zero attached hydrogens (tertiary/aromatic N) is 1. The summed E-state index contributed by atoms with van der Waals surface area (Å²) in [6.45, 7) is 6.22. The molecule has 0 unspecified atom stereocenters. The van der Waals surface area contributed by atoms with Gasteiger partial charge in [-0.1, -0.05) is 43.3 Å². The molecule has 2 nitrogen and oxygen atoms in total. The number of hydrogen-bond acceptors (Lipinski definition) is 3. The Kier molecular flexibility index (Phi) is 5.89. The van der Waals surface area contributed by atoms with Crippen molar-refractivity contribution in [2.24, 2.45) is 5.92 Å². The van der Waals surface area contributed by atoms with Crippen molar-refractivity contribution >= 4 is 23.4 Å². The summed E-state index contributed by atoms with van der Waals surface area (Å²) in [5, 5.41) is 4.23.